The molecule has 0 aromatic heterocycles. The lowest BCUT2D eigenvalue weighted by molar-refractivity contribution is 1.39. The van der Waals surface area contributed by atoms with Gasteiger partial charge in [0.05, 0.1) is 0 Å². The molecule has 0 aromatic carbocycles. The highest BCUT2D eigenvalue weighted by atomic mass is 35.5. The predicted octanol–water partition coefficient (Wildman–Crippen LogP) is 0.620. The molecule has 0 radical (unpaired) electrons. The third-order valence-corrected chi connectivity index (χ3v) is 0.895. The molecule has 4 heteroatoms. The minimum atomic E-state index is 0.0607. The van der Waals surface area contributed by atoms with E-state index in [4.69, 9.17) is 22.6 Å². The number of allylic oxidation sites excluding steroid dienone is 2. The molecule has 0 aliphatic rings. The van der Waals surface area contributed by atoms with Gasteiger partial charge in [0, 0.05) is 13.1 Å². The van der Waals surface area contributed by atoms with Crippen molar-refractivity contribution in [1.82, 2.24) is 0 Å². The number of hydrogen-bond acceptors (Lipinski definition) is 3. The zero-order valence-corrected chi connectivity index (χ0v) is 5.68. The lowest BCUT2D eigenvalue weighted by atomic mass is 10.4. The van der Waals surface area contributed by atoms with E-state index in [1.807, 2.05) is 0 Å². The first-order chi connectivity index (χ1) is 4.20. The fourth-order valence-corrected chi connectivity index (χ4v) is 0.343. The number of aliphatic imine (C=N–C) groups is 1. The van der Waals surface area contributed by atoms with Crippen LogP contribution >= 0.6 is 11.6 Å². The van der Waals surface area contributed by atoms with Gasteiger partial charge in [-0.25, -0.2) is 0 Å². The van der Waals surface area contributed by atoms with Crippen LogP contribution < -0.4 is 5.73 Å². The van der Waals surface area contributed by atoms with Gasteiger partial charge in [0.2, 0.25) is 0 Å². The van der Waals surface area contributed by atoms with Crippen molar-refractivity contribution in [1.29, 1.82) is 5.26 Å². The van der Waals surface area contributed by atoms with Gasteiger partial charge in [0.25, 0.3) is 0 Å². The third kappa shape index (κ3) is 3.56. The summed E-state index contributed by atoms with van der Waals surface area (Å²) >= 11 is 5.38. The molecule has 0 amide bonds. The first-order valence-corrected chi connectivity index (χ1v) is 2.58. The summed E-state index contributed by atoms with van der Waals surface area (Å²) in [6.45, 7) is 0. The van der Waals surface area contributed by atoms with Gasteiger partial charge in [-0.2, -0.15) is 5.26 Å². The summed E-state index contributed by atoms with van der Waals surface area (Å²) in [7, 11) is 1.52. The van der Waals surface area contributed by atoms with Crippen molar-refractivity contribution < 1.29 is 0 Å². The van der Waals surface area contributed by atoms with E-state index in [-0.39, 0.29) is 10.9 Å². The number of nitrogens with two attached hydrogens (primary N) is 1. The van der Waals surface area contributed by atoms with Gasteiger partial charge in [-0.1, -0.05) is 11.6 Å². The van der Waals surface area contributed by atoms with Crippen LogP contribution in [0.5, 0.6) is 0 Å². The summed E-state index contributed by atoms with van der Waals surface area (Å²) < 4.78 is 0. The Hall–Kier alpha value is -1.01. The van der Waals surface area contributed by atoms with E-state index in [2.05, 4.69) is 4.99 Å². The fraction of sp³-hybridized carbons (Fsp3) is 0.200. The average molecular weight is 144 g/mol. The highest BCUT2D eigenvalue weighted by Crippen LogP contribution is 1.89. The van der Waals surface area contributed by atoms with Crippen molar-refractivity contribution >= 4 is 16.8 Å². The fourth-order valence-electron chi connectivity index (χ4n) is 0.225. The zero-order chi connectivity index (χ0) is 7.28. The number of hydrogen-bond donors (Lipinski definition) is 1. The monoisotopic (exact) mass is 143 g/mol. The highest BCUT2D eigenvalue weighted by Gasteiger charge is 1.87. The molecule has 0 unspecified atom stereocenters. The van der Waals surface area contributed by atoms with Gasteiger partial charge in [-0.15, -0.1) is 0 Å². The first kappa shape index (κ1) is 7.99. The Morgan fingerprint density at radius 3 is 2.78 bits per heavy atom. The van der Waals surface area contributed by atoms with E-state index in [1.165, 1.54) is 13.1 Å². The quantitative estimate of drug-likeness (QED) is 0.432. The summed E-state index contributed by atoms with van der Waals surface area (Å²) in [6.07, 6.45) is 1.29. The Kier molecular flexibility index (Phi) is 3.49. The third-order valence-electron chi connectivity index (χ3n) is 0.617. The molecule has 0 aromatic rings. The second-order valence-electron chi connectivity index (χ2n) is 1.26. The smallest absolute Gasteiger partial charge is 0.126 e. The van der Waals surface area contributed by atoms with Crippen LogP contribution in [0.25, 0.3) is 0 Å². The summed E-state index contributed by atoms with van der Waals surface area (Å²) in [4.78, 5) is 3.55. The van der Waals surface area contributed by atoms with Crippen LogP contribution in [0.2, 0.25) is 0 Å². The van der Waals surface area contributed by atoms with Gasteiger partial charge in [0.15, 0.2) is 0 Å². The standard InChI is InChI=1S/C5H6ClN3/c1-9-5(6)2-4(8)3-7/h2H,8H2,1H3/b4-2-,9-5?. The SMILES string of the molecule is CN=C(Cl)/C=C(\N)C#N. The topological polar surface area (TPSA) is 62.2 Å². The maximum absolute atomic E-state index is 8.12. The molecule has 0 rings (SSSR count). The minimum Gasteiger partial charge on any atom is -0.390 e. The van der Waals surface area contributed by atoms with E-state index in [0.29, 0.717) is 0 Å². The summed E-state index contributed by atoms with van der Waals surface area (Å²) in [5.74, 6) is 0. The molecule has 3 nitrogen and oxygen atoms in total. The lowest BCUT2D eigenvalue weighted by Gasteiger charge is -1.83. The van der Waals surface area contributed by atoms with Crippen molar-refractivity contribution in [3.8, 4) is 6.07 Å². The minimum absolute atomic E-state index is 0.0607. The largest absolute Gasteiger partial charge is 0.390 e. The molecule has 0 bridgehead atoms. The Morgan fingerprint density at radius 1 is 1.89 bits per heavy atom. The zero-order valence-electron chi connectivity index (χ0n) is 4.93. The molecule has 0 aliphatic carbocycles. The molecule has 0 fully saturated rings. The summed E-state index contributed by atoms with van der Waals surface area (Å²) in [5, 5.41) is 8.35. The van der Waals surface area contributed by atoms with Crippen molar-refractivity contribution in [2.24, 2.45) is 10.7 Å². The van der Waals surface area contributed by atoms with Crippen LogP contribution in [0.3, 0.4) is 0 Å². The van der Waals surface area contributed by atoms with Crippen molar-refractivity contribution in [2.45, 2.75) is 0 Å². The molecular weight excluding hydrogens is 138 g/mol. The molecule has 0 saturated carbocycles. The number of halogens is 1. The van der Waals surface area contributed by atoms with Gasteiger partial charge in [-0.05, 0) is 0 Å². The maximum Gasteiger partial charge on any atom is 0.126 e. The van der Waals surface area contributed by atoms with E-state index in [0.717, 1.165) is 0 Å². The van der Waals surface area contributed by atoms with Gasteiger partial charge >= 0.3 is 0 Å². The second kappa shape index (κ2) is 3.93. The molecule has 0 atom stereocenters. The van der Waals surface area contributed by atoms with E-state index >= 15 is 0 Å². The Balaban J connectivity index is 4.17. The Bertz CT molecular complexity index is 187. The number of nitrogens with zero attached hydrogens (tertiary/aromatic N) is 2. The molecular formula is C5H6ClN3. The first-order valence-electron chi connectivity index (χ1n) is 2.20. The van der Waals surface area contributed by atoms with Crippen LogP contribution in [0.15, 0.2) is 16.8 Å². The van der Waals surface area contributed by atoms with Gasteiger partial charge in [0.1, 0.15) is 16.9 Å². The number of nitriles is 1. The second-order valence-corrected chi connectivity index (χ2v) is 1.65. The predicted molar refractivity (Wildman–Crippen MR) is 37.1 cm³/mol. The van der Waals surface area contributed by atoms with Gasteiger partial charge < -0.3 is 5.73 Å². The van der Waals surface area contributed by atoms with Crippen molar-refractivity contribution in [3.63, 3.8) is 0 Å². The molecule has 48 valence electrons. The molecule has 0 aliphatic heterocycles. The summed E-state index contributed by atoms with van der Waals surface area (Å²) in [6, 6.07) is 1.70. The van der Waals surface area contributed by atoms with E-state index in [1.54, 1.807) is 6.07 Å². The molecule has 0 spiro atoms. The summed E-state index contributed by atoms with van der Waals surface area (Å²) in [5.41, 5.74) is 5.14. The number of rotatable bonds is 1. The van der Waals surface area contributed by atoms with Crippen molar-refractivity contribution in [3.05, 3.63) is 11.8 Å². The van der Waals surface area contributed by atoms with Crippen LogP contribution in [0.1, 0.15) is 0 Å². The van der Waals surface area contributed by atoms with Crippen molar-refractivity contribution in [2.75, 3.05) is 7.05 Å². The Morgan fingerprint density at radius 2 is 2.44 bits per heavy atom. The molecule has 2 N–H and O–H groups in total. The Labute approximate surface area is 58.4 Å². The lowest BCUT2D eigenvalue weighted by Crippen LogP contribution is -1.95. The molecule has 0 saturated heterocycles. The molecule has 9 heavy (non-hydrogen) atoms. The van der Waals surface area contributed by atoms with E-state index < -0.39 is 0 Å². The average Bonchev–Trinajstić information content (AvgIpc) is 1.87. The normalized spacial score (nSPS) is 13.0. The van der Waals surface area contributed by atoms with E-state index in [9.17, 15) is 0 Å². The van der Waals surface area contributed by atoms with Crippen LogP contribution in [0, 0.1) is 11.3 Å². The van der Waals surface area contributed by atoms with Crippen LogP contribution in [-0.2, 0) is 0 Å². The highest BCUT2D eigenvalue weighted by molar-refractivity contribution is 6.68. The van der Waals surface area contributed by atoms with Gasteiger partial charge in [-0.3, -0.25) is 4.99 Å². The van der Waals surface area contributed by atoms with Crippen LogP contribution in [-0.4, -0.2) is 12.2 Å². The van der Waals surface area contributed by atoms with Crippen LogP contribution in [0.4, 0.5) is 0 Å². The maximum atomic E-state index is 8.12. The molecule has 0 heterocycles.